The fourth-order valence-corrected chi connectivity index (χ4v) is 3.05. The molecule has 0 nitrogen and oxygen atoms in total. The number of hydrogen-bond donors (Lipinski definition) is 0. The Morgan fingerprint density at radius 2 is 1.52 bits per heavy atom. The number of allylic oxidation sites excluding steroid dienone is 1. The minimum Gasteiger partial charge on any atom is -0.0802 e. The largest absolute Gasteiger partial charge is 0.0802 e. The normalized spacial score (nSPS) is 21.0. The van der Waals surface area contributed by atoms with Gasteiger partial charge >= 0.3 is 0 Å². The van der Waals surface area contributed by atoms with Gasteiger partial charge in [0.2, 0.25) is 0 Å². The summed E-state index contributed by atoms with van der Waals surface area (Å²) in [5, 5.41) is 2.69. The molecule has 0 aliphatic heterocycles. The Hall–Kier alpha value is -2.34. The maximum Gasteiger partial charge on any atom is -0.00926 e. The summed E-state index contributed by atoms with van der Waals surface area (Å²) >= 11 is 0. The molecule has 1 saturated carbocycles. The summed E-state index contributed by atoms with van der Waals surface area (Å²) in [5.41, 5.74) is 2.78. The first-order chi connectivity index (χ1) is 10.4. The molecule has 3 aromatic carbocycles. The second kappa shape index (κ2) is 5.21. The molecule has 0 N–H and O–H groups in total. The standard InChI is InChI=1S/C21H18/c1-2-6-16(7-3-1)10-11-20-15-21(20)19-13-12-17-8-4-5-9-18(17)14-19/h1-14,20-21H,15H2/b11-10+/t20-,21+/m1/s1. The van der Waals surface area contributed by atoms with Gasteiger partial charge in [-0.2, -0.15) is 0 Å². The zero-order chi connectivity index (χ0) is 14.1. The van der Waals surface area contributed by atoms with Crippen LogP contribution in [0.25, 0.3) is 16.8 Å². The summed E-state index contributed by atoms with van der Waals surface area (Å²) in [7, 11) is 0. The van der Waals surface area contributed by atoms with Gasteiger partial charge in [0.15, 0.2) is 0 Å². The molecule has 0 spiro atoms. The van der Waals surface area contributed by atoms with E-state index in [1.165, 1.54) is 28.3 Å². The minimum atomic E-state index is 0.700. The smallest absolute Gasteiger partial charge is 0.00926 e. The van der Waals surface area contributed by atoms with Crippen molar-refractivity contribution < 1.29 is 0 Å². The molecule has 0 aromatic heterocycles. The lowest BCUT2D eigenvalue weighted by Gasteiger charge is -2.02. The Morgan fingerprint density at radius 1 is 0.762 bits per heavy atom. The summed E-state index contributed by atoms with van der Waals surface area (Å²) in [6, 6.07) is 26.1. The first-order valence-electron chi connectivity index (χ1n) is 7.62. The molecule has 0 amide bonds. The average Bonchev–Trinajstić information content (AvgIpc) is 3.33. The number of benzene rings is 3. The van der Waals surface area contributed by atoms with Gasteiger partial charge in [-0.05, 0) is 40.2 Å². The number of rotatable bonds is 3. The topological polar surface area (TPSA) is 0 Å². The first kappa shape index (κ1) is 12.4. The van der Waals surface area contributed by atoms with Crippen LogP contribution in [0.2, 0.25) is 0 Å². The van der Waals surface area contributed by atoms with Gasteiger partial charge in [-0.3, -0.25) is 0 Å². The van der Waals surface area contributed by atoms with Crippen molar-refractivity contribution in [3.8, 4) is 0 Å². The predicted octanol–water partition coefficient (Wildman–Crippen LogP) is 5.66. The number of hydrogen-bond acceptors (Lipinski definition) is 0. The van der Waals surface area contributed by atoms with E-state index in [2.05, 4.69) is 84.9 Å². The Kier molecular flexibility index (Phi) is 3.08. The number of fused-ring (bicyclic) bond motifs is 1. The summed E-state index contributed by atoms with van der Waals surface area (Å²) in [4.78, 5) is 0. The second-order valence-electron chi connectivity index (χ2n) is 5.88. The van der Waals surface area contributed by atoms with Crippen molar-refractivity contribution >= 4 is 16.8 Å². The molecule has 1 aliphatic carbocycles. The van der Waals surface area contributed by atoms with Gasteiger partial charge in [-0.25, -0.2) is 0 Å². The summed E-state index contributed by atoms with van der Waals surface area (Å²) in [6.45, 7) is 0. The van der Waals surface area contributed by atoms with Crippen molar-refractivity contribution in [2.24, 2.45) is 5.92 Å². The van der Waals surface area contributed by atoms with Crippen LogP contribution in [-0.4, -0.2) is 0 Å². The molecule has 0 radical (unpaired) electrons. The fraction of sp³-hybridized carbons (Fsp3) is 0.143. The Balaban J connectivity index is 1.52. The lowest BCUT2D eigenvalue weighted by molar-refractivity contribution is 1.02. The molecular formula is C21H18. The van der Waals surface area contributed by atoms with Crippen molar-refractivity contribution in [1.29, 1.82) is 0 Å². The third-order valence-electron chi connectivity index (χ3n) is 4.38. The molecule has 102 valence electrons. The van der Waals surface area contributed by atoms with Crippen LogP contribution in [-0.2, 0) is 0 Å². The summed E-state index contributed by atoms with van der Waals surface area (Å²) in [5.74, 6) is 1.40. The lowest BCUT2D eigenvalue weighted by Crippen LogP contribution is -1.82. The monoisotopic (exact) mass is 270 g/mol. The van der Waals surface area contributed by atoms with Crippen molar-refractivity contribution in [2.75, 3.05) is 0 Å². The van der Waals surface area contributed by atoms with Crippen molar-refractivity contribution in [3.05, 3.63) is 90.0 Å². The maximum absolute atomic E-state index is 2.37. The molecule has 0 heterocycles. The highest BCUT2D eigenvalue weighted by atomic mass is 14.4. The maximum atomic E-state index is 2.37. The minimum absolute atomic E-state index is 0.700. The van der Waals surface area contributed by atoms with Crippen LogP contribution >= 0.6 is 0 Å². The highest BCUT2D eigenvalue weighted by Crippen LogP contribution is 2.49. The molecule has 0 saturated heterocycles. The van der Waals surface area contributed by atoms with Gasteiger partial charge in [0.1, 0.15) is 0 Å². The van der Waals surface area contributed by atoms with E-state index in [9.17, 15) is 0 Å². The van der Waals surface area contributed by atoms with Crippen LogP contribution < -0.4 is 0 Å². The molecule has 3 aromatic rings. The molecule has 4 rings (SSSR count). The zero-order valence-electron chi connectivity index (χ0n) is 11.9. The summed E-state index contributed by atoms with van der Waals surface area (Å²) in [6.07, 6.45) is 5.91. The molecule has 21 heavy (non-hydrogen) atoms. The van der Waals surface area contributed by atoms with Crippen molar-refractivity contribution in [3.63, 3.8) is 0 Å². The van der Waals surface area contributed by atoms with Crippen LogP contribution in [0.3, 0.4) is 0 Å². The van der Waals surface area contributed by atoms with E-state index in [1.54, 1.807) is 0 Å². The molecule has 2 atom stereocenters. The van der Waals surface area contributed by atoms with E-state index >= 15 is 0 Å². The molecule has 0 bridgehead atoms. The van der Waals surface area contributed by atoms with Crippen LogP contribution in [0.15, 0.2) is 78.9 Å². The van der Waals surface area contributed by atoms with E-state index in [0.29, 0.717) is 11.8 Å². The second-order valence-corrected chi connectivity index (χ2v) is 5.88. The quantitative estimate of drug-likeness (QED) is 0.576. The van der Waals surface area contributed by atoms with Crippen molar-refractivity contribution in [1.82, 2.24) is 0 Å². The van der Waals surface area contributed by atoms with E-state index < -0.39 is 0 Å². The Bertz CT molecular complexity index is 783. The van der Waals surface area contributed by atoms with Gasteiger partial charge in [-0.1, -0.05) is 84.9 Å². The predicted molar refractivity (Wildman–Crippen MR) is 90.3 cm³/mol. The molecule has 0 heteroatoms. The third kappa shape index (κ3) is 2.62. The van der Waals surface area contributed by atoms with Gasteiger partial charge in [-0.15, -0.1) is 0 Å². The SMILES string of the molecule is C(=C\[C@@H]1C[C@H]1c1ccc2ccccc2c1)/c1ccccc1. The zero-order valence-corrected chi connectivity index (χ0v) is 11.9. The van der Waals surface area contributed by atoms with E-state index in [0.717, 1.165) is 0 Å². The molecule has 0 unspecified atom stereocenters. The molecule has 1 aliphatic rings. The van der Waals surface area contributed by atoms with Crippen LogP contribution in [0.5, 0.6) is 0 Å². The Labute approximate surface area is 125 Å². The van der Waals surface area contributed by atoms with Crippen LogP contribution in [0, 0.1) is 5.92 Å². The highest BCUT2D eigenvalue weighted by molar-refractivity contribution is 5.83. The van der Waals surface area contributed by atoms with E-state index in [1.807, 2.05) is 0 Å². The van der Waals surface area contributed by atoms with Gasteiger partial charge in [0.25, 0.3) is 0 Å². The van der Waals surface area contributed by atoms with Crippen molar-refractivity contribution in [2.45, 2.75) is 12.3 Å². The van der Waals surface area contributed by atoms with E-state index in [4.69, 9.17) is 0 Å². The lowest BCUT2D eigenvalue weighted by atomic mass is 10.0. The highest BCUT2D eigenvalue weighted by Gasteiger charge is 2.35. The molecular weight excluding hydrogens is 252 g/mol. The Morgan fingerprint density at radius 3 is 2.38 bits per heavy atom. The van der Waals surface area contributed by atoms with Gasteiger partial charge in [0.05, 0.1) is 0 Å². The average molecular weight is 270 g/mol. The van der Waals surface area contributed by atoms with Crippen LogP contribution in [0.1, 0.15) is 23.5 Å². The first-order valence-corrected chi connectivity index (χ1v) is 7.62. The van der Waals surface area contributed by atoms with Gasteiger partial charge < -0.3 is 0 Å². The summed E-state index contributed by atoms with van der Waals surface area (Å²) < 4.78 is 0. The van der Waals surface area contributed by atoms with Crippen LogP contribution in [0.4, 0.5) is 0 Å². The third-order valence-corrected chi connectivity index (χ3v) is 4.38. The van der Waals surface area contributed by atoms with Gasteiger partial charge in [0, 0.05) is 0 Å². The fourth-order valence-electron chi connectivity index (χ4n) is 3.05. The van der Waals surface area contributed by atoms with E-state index in [-0.39, 0.29) is 0 Å². The molecule has 1 fully saturated rings.